The number of ether oxygens (including phenoxy) is 1. The van der Waals surface area contributed by atoms with Crippen LogP contribution in [0.3, 0.4) is 0 Å². The van der Waals surface area contributed by atoms with Gasteiger partial charge in [0.05, 0.1) is 4.92 Å². The highest BCUT2D eigenvalue weighted by Gasteiger charge is 2.24. The highest BCUT2D eigenvalue weighted by Crippen LogP contribution is 2.29. The molecule has 1 saturated carbocycles. The van der Waals surface area contributed by atoms with Crippen LogP contribution in [0.1, 0.15) is 44.2 Å². The fourth-order valence-corrected chi connectivity index (χ4v) is 2.70. The smallest absolute Gasteiger partial charge is 0.376 e. The summed E-state index contributed by atoms with van der Waals surface area (Å²) in [4.78, 5) is 35.8. The Balaban J connectivity index is 2.05. The number of hydrogen-bond acceptors (Lipinski definition) is 5. The van der Waals surface area contributed by atoms with Gasteiger partial charge >= 0.3 is 17.2 Å². The van der Waals surface area contributed by atoms with Gasteiger partial charge in [0.2, 0.25) is 5.75 Å². The molecule has 0 radical (unpaired) electrons. The number of nitrogens with one attached hydrogen (secondary N) is 1. The van der Waals surface area contributed by atoms with Crippen molar-refractivity contribution in [2.45, 2.75) is 45.4 Å². The highest BCUT2D eigenvalue weighted by atomic mass is 16.6. The number of esters is 1. The van der Waals surface area contributed by atoms with Gasteiger partial charge < -0.3 is 9.72 Å². The van der Waals surface area contributed by atoms with Gasteiger partial charge in [0, 0.05) is 18.2 Å². The molecule has 7 heteroatoms. The van der Waals surface area contributed by atoms with Crippen LogP contribution in [0.15, 0.2) is 10.9 Å². The van der Waals surface area contributed by atoms with E-state index >= 15 is 0 Å². The molecule has 1 aromatic rings. The van der Waals surface area contributed by atoms with Crippen molar-refractivity contribution in [1.82, 2.24) is 4.98 Å². The molecule has 1 aliphatic carbocycles. The molecule has 1 aliphatic rings. The lowest BCUT2D eigenvalue weighted by atomic mass is 10.0. The molecule has 1 aromatic heterocycles. The first-order valence-corrected chi connectivity index (χ1v) is 7.06. The number of aryl methyl sites for hydroxylation is 1. The fraction of sp³-hybridized carbons (Fsp3) is 0.571. The molecule has 114 valence electrons. The van der Waals surface area contributed by atoms with Gasteiger partial charge in [0.15, 0.2) is 0 Å². The van der Waals surface area contributed by atoms with Gasteiger partial charge in [-0.15, -0.1) is 0 Å². The second-order valence-electron chi connectivity index (χ2n) is 5.41. The zero-order valence-corrected chi connectivity index (χ0v) is 11.9. The SMILES string of the molecule is Cc1cc(OC(=O)CCC2CCCC2)c([N+](=O)[O-])c(=O)[nH]1. The lowest BCUT2D eigenvalue weighted by molar-refractivity contribution is -0.387. The number of aromatic nitrogens is 1. The van der Waals surface area contributed by atoms with Crippen molar-refractivity contribution in [3.63, 3.8) is 0 Å². The third kappa shape index (κ3) is 3.90. The number of nitro groups is 1. The van der Waals surface area contributed by atoms with Gasteiger partial charge in [-0.25, -0.2) is 0 Å². The van der Waals surface area contributed by atoms with Gasteiger partial charge in [0.1, 0.15) is 0 Å². The Morgan fingerprint density at radius 2 is 2.14 bits per heavy atom. The summed E-state index contributed by atoms with van der Waals surface area (Å²) in [5.74, 6) is -0.277. The van der Waals surface area contributed by atoms with Crippen LogP contribution >= 0.6 is 0 Å². The molecule has 21 heavy (non-hydrogen) atoms. The number of carbonyl (C=O) groups is 1. The van der Waals surface area contributed by atoms with E-state index in [0.717, 1.165) is 19.3 Å². The molecule has 2 rings (SSSR count). The van der Waals surface area contributed by atoms with Crippen LogP contribution in [0.5, 0.6) is 5.75 Å². The van der Waals surface area contributed by atoms with E-state index in [-0.39, 0.29) is 12.2 Å². The van der Waals surface area contributed by atoms with Crippen molar-refractivity contribution in [2.24, 2.45) is 5.92 Å². The van der Waals surface area contributed by atoms with Crippen molar-refractivity contribution in [2.75, 3.05) is 0 Å². The van der Waals surface area contributed by atoms with Gasteiger partial charge in [-0.2, -0.15) is 0 Å². The van der Waals surface area contributed by atoms with Crippen LogP contribution in [0.25, 0.3) is 0 Å². The summed E-state index contributed by atoms with van der Waals surface area (Å²) in [6.07, 6.45) is 5.58. The van der Waals surface area contributed by atoms with Gasteiger partial charge in [0.25, 0.3) is 0 Å². The van der Waals surface area contributed by atoms with E-state index in [0.29, 0.717) is 11.6 Å². The summed E-state index contributed by atoms with van der Waals surface area (Å²) in [6.45, 7) is 1.57. The number of rotatable bonds is 5. The quantitative estimate of drug-likeness (QED) is 0.510. The minimum atomic E-state index is -0.862. The maximum Gasteiger partial charge on any atom is 0.376 e. The fourth-order valence-electron chi connectivity index (χ4n) is 2.70. The molecule has 7 nitrogen and oxygen atoms in total. The van der Waals surface area contributed by atoms with E-state index in [4.69, 9.17) is 4.74 Å². The van der Waals surface area contributed by atoms with E-state index in [1.54, 1.807) is 6.92 Å². The zero-order chi connectivity index (χ0) is 15.4. The molecular formula is C14H18N2O5. The average molecular weight is 294 g/mol. The molecular weight excluding hydrogens is 276 g/mol. The second kappa shape index (κ2) is 6.51. The second-order valence-corrected chi connectivity index (χ2v) is 5.41. The summed E-state index contributed by atoms with van der Waals surface area (Å²) in [5, 5.41) is 10.9. The van der Waals surface area contributed by atoms with E-state index in [1.165, 1.54) is 18.9 Å². The first-order valence-electron chi connectivity index (χ1n) is 7.06. The standard InChI is InChI=1S/C14H18N2O5/c1-9-8-11(13(16(19)20)14(18)15-9)21-12(17)7-6-10-4-2-3-5-10/h8,10H,2-7H2,1H3,(H,15,18). The molecule has 0 spiro atoms. The largest absolute Gasteiger partial charge is 0.419 e. The first kappa shape index (κ1) is 15.2. The van der Waals surface area contributed by atoms with Crippen molar-refractivity contribution in [3.8, 4) is 5.75 Å². The first-order chi connectivity index (χ1) is 9.97. The molecule has 1 N–H and O–H groups in total. The summed E-state index contributed by atoms with van der Waals surface area (Å²) in [5.41, 5.74) is -1.18. The van der Waals surface area contributed by atoms with Crippen LogP contribution in [0.4, 0.5) is 5.69 Å². The number of hydrogen-bond donors (Lipinski definition) is 1. The lowest BCUT2D eigenvalue weighted by Gasteiger charge is -2.08. The third-order valence-electron chi connectivity index (χ3n) is 3.74. The molecule has 0 aliphatic heterocycles. The third-order valence-corrected chi connectivity index (χ3v) is 3.74. The Morgan fingerprint density at radius 1 is 1.48 bits per heavy atom. The van der Waals surface area contributed by atoms with E-state index in [9.17, 15) is 19.7 Å². The number of nitrogens with zero attached hydrogens (tertiary/aromatic N) is 1. The van der Waals surface area contributed by atoms with Crippen molar-refractivity contribution in [3.05, 3.63) is 32.2 Å². The van der Waals surface area contributed by atoms with E-state index < -0.39 is 22.1 Å². The van der Waals surface area contributed by atoms with Crippen LogP contribution in [-0.2, 0) is 4.79 Å². The minimum Gasteiger partial charge on any atom is -0.419 e. The maximum atomic E-state index is 11.8. The summed E-state index contributed by atoms with van der Waals surface area (Å²) >= 11 is 0. The molecule has 0 atom stereocenters. The van der Waals surface area contributed by atoms with E-state index in [1.807, 2.05) is 0 Å². The molecule has 0 saturated heterocycles. The zero-order valence-electron chi connectivity index (χ0n) is 11.9. The summed E-state index contributed by atoms with van der Waals surface area (Å²) in [6, 6.07) is 1.30. The highest BCUT2D eigenvalue weighted by molar-refractivity contribution is 5.73. The number of carbonyl (C=O) groups excluding carboxylic acids is 1. The molecule has 0 aromatic carbocycles. The van der Waals surface area contributed by atoms with Crippen LogP contribution in [0, 0.1) is 23.0 Å². The molecule has 0 unspecified atom stereocenters. The lowest BCUT2D eigenvalue weighted by Crippen LogP contribution is -2.17. The summed E-state index contributed by atoms with van der Waals surface area (Å²) in [7, 11) is 0. The Kier molecular flexibility index (Phi) is 4.72. The Morgan fingerprint density at radius 3 is 2.76 bits per heavy atom. The molecule has 0 amide bonds. The monoisotopic (exact) mass is 294 g/mol. The van der Waals surface area contributed by atoms with Crippen LogP contribution in [0.2, 0.25) is 0 Å². The minimum absolute atomic E-state index is 0.216. The van der Waals surface area contributed by atoms with Crippen molar-refractivity contribution < 1.29 is 14.5 Å². The number of H-pyrrole nitrogens is 1. The van der Waals surface area contributed by atoms with Crippen molar-refractivity contribution >= 4 is 11.7 Å². The normalized spacial score (nSPS) is 15.1. The van der Waals surface area contributed by atoms with Gasteiger partial charge in [-0.05, 0) is 19.3 Å². The number of aromatic amines is 1. The predicted molar refractivity (Wildman–Crippen MR) is 75.3 cm³/mol. The Hall–Kier alpha value is -2.18. The maximum absolute atomic E-state index is 11.8. The molecule has 1 fully saturated rings. The van der Waals surface area contributed by atoms with Crippen LogP contribution in [-0.4, -0.2) is 15.9 Å². The Bertz CT molecular complexity index is 602. The van der Waals surface area contributed by atoms with E-state index in [2.05, 4.69) is 4.98 Å². The van der Waals surface area contributed by atoms with Gasteiger partial charge in [-0.3, -0.25) is 19.7 Å². The van der Waals surface area contributed by atoms with Crippen LogP contribution < -0.4 is 10.3 Å². The number of pyridine rings is 1. The predicted octanol–water partition coefficient (Wildman–Crippen LogP) is 2.47. The topological polar surface area (TPSA) is 102 Å². The molecule has 1 heterocycles. The average Bonchev–Trinajstić information content (AvgIpc) is 2.87. The molecule has 0 bridgehead atoms. The Labute approximate surface area is 121 Å². The van der Waals surface area contributed by atoms with Gasteiger partial charge in [-0.1, -0.05) is 25.7 Å². The summed E-state index contributed by atoms with van der Waals surface area (Å²) < 4.78 is 5.03. The van der Waals surface area contributed by atoms with Crippen molar-refractivity contribution in [1.29, 1.82) is 0 Å².